The van der Waals surface area contributed by atoms with Gasteiger partial charge in [0.1, 0.15) is 122 Å². The van der Waals surface area contributed by atoms with Crippen molar-refractivity contribution in [1.82, 2.24) is 77.7 Å². The number of halogens is 22. The fourth-order valence-electron chi connectivity index (χ4n) is 16.7. The number of amides is 4. The number of nitrogens with two attached hydrogens (primary N) is 4. The summed E-state index contributed by atoms with van der Waals surface area (Å²) in [6, 6.07) is 7.42. The minimum Gasteiger partial charge on any atom is -0.397 e. The van der Waals surface area contributed by atoms with Crippen LogP contribution in [0.15, 0.2) is 156 Å². The molecule has 4 aliphatic heterocycles. The largest absolute Gasteiger partial charge is 0.431 e. The molecule has 0 radical (unpaired) electrons. The van der Waals surface area contributed by atoms with Crippen LogP contribution in [0.1, 0.15) is 95.0 Å². The Hall–Kier alpha value is -14.1. The third-order valence-electron chi connectivity index (χ3n) is 23.3. The fraction of sp³-hybridized carbons (Fsp3) is 0.319. The Labute approximate surface area is 864 Å². The molecule has 0 spiro atoms. The van der Waals surface area contributed by atoms with E-state index in [2.05, 4.69) is 66.2 Å². The lowest BCUT2D eigenvalue weighted by atomic mass is 10.1. The van der Waals surface area contributed by atoms with E-state index in [1.165, 1.54) is 36.4 Å². The number of anilines is 8. The molecule has 54 heteroatoms. The van der Waals surface area contributed by atoms with Crippen molar-refractivity contribution < 1.29 is 89.4 Å². The maximum absolute atomic E-state index is 15.0. The number of nitrogens with zero attached hydrogens (tertiary/aromatic N) is 20. The van der Waals surface area contributed by atoms with Crippen molar-refractivity contribution in [1.29, 1.82) is 0 Å². The molecule has 4 atom stereocenters. The standard InChI is InChI=1S/3C22H18Cl2F4N6O2.C22H20F4N6O2.6CH4/c3*1-3-15(35)32-4-5-33(10(2)8-32)20-11-6-14(22(26,27)28)34(21(36)18(11)30-9-31-20)19-16(25)12(23)7-13(24)17(19)29;1-3-17(33)30-7-8-31(12(2)10-30)20-13-9-16(22(24,25)26)32(21(34)18(13)28-11-29-20)19-14(23)5-4-6-15(19)27;;;;;;/h3*3,6-7,9-10H,1,4-5,8,29H2,2H3;3-6,9,11-12H,1,7-8,10,27H2,2H3;6*1H4/t3*10-;12-;;;;;;/m1111....../s1. The van der Waals surface area contributed by atoms with Crippen LogP contribution in [0.5, 0.6) is 0 Å². The van der Waals surface area contributed by atoms with Gasteiger partial charge >= 0.3 is 24.7 Å². The highest BCUT2D eigenvalue weighted by atomic mass is 35.5. The maximum Gasteiger partial charge on any atom is 0.431 e. The van der Waals surface area contributed by atoms with Crippen LogP contribution in [-0.4, -0.2) is 204 Å². The number of alkyl halides is 12. The summed E-state index contributed by atoms with van der Waals surface area (Å²) >= 11 is 35.1. The van der Waals surface area contributed by atoms with E-state index in [9.17, 15) is 109 Å². The summed E-state index contributed by atoms with van der Waals surface area (Å²) in [6.45, 7) is 23.9. The zero-order chi connectivity index (χ0) is 104. The summed E-state index contributed by atoms with van der Waals surface area (Å²) in [6.07, 6.45) is -11.5. The third-order valence-corrected chi connectivity index (χ3v) is 25.1. The molecule has 4 fully saturated rings. The van der Waals surface area contributed by atoms with E-state index < -0.39 is 164 Å². The fourth-order valence-corrected chi connectivity index (χ4v) is 18.0. The third kappa shape index (κ3) is 23.2. The molecule has 796 valence electrons. The highest BCUT2D eigenvalue weighted by Gasteiger charge is 2.45. The van der Waals surface area contributed by atoms with Crippen LogP contribution >= 0.6 is 69.6 Å². The van der Waals surface area contributed by atoms with Crippen molar-refractivity contribution in [2.24, 2.45) is 0 Å². The minimum absolute atomic E-state index is 0. The minimum atomic E-state index is -5.12. The topological polar surface area (TPSA) is 389 Å². The van der Waals surface area contributed by atoms with Gasteiger partial charge in [-0.2, -0.15) is 52.7 Å². The van der Waals surface area contributed by atoms with Gasteiger partial charge in [-0.05, 0) is 107 Å². The monoisotopic (exact) mass is 2200 g/mol. The maximum atomic E-state index is 15.0. The zero-order valence-corrected chi connectivity index (χ0v) is 78.4. The summed E-state index contributed by atoms with van der Waals surface area (Å²) in [4.78, 5) is 146. The first-order valence-corrected chi connectivity index (χ1v) is 43.9. The second kappa shape index (κ2) is 47.0. The molecular weight excluding hydrogens is 2110 g/mol. The highest BCUT2D eigenvalue weighted by Crippen LogP contribution is 2.46. The molecule has 4 aromatic carbocycles. The summed E-state index contributed by atoms with van der Waals surface area (Å²) in [5.41, 5.74) is 4.90. The molecule has 4 saturated heterocycles. The van der Waals surface area contributed by atoms with Gasteiger partial charge in [0.2, 0.25) is 23.6 Å². The summed E-state index contributed by atoms with van der Waals surface area (Å²) in [5.74, 6) is -5.95. The van der Waals surface area contributed by atoms with Crippen LogP contribution in [0.2, 0.25) is 30.1 Å². The molecule has 148 heavy (non-hydrogen) atoms. The smallest absolute Gasteiger partial charge is 0.397 e. The lowest BCUT2D eigenvalue weighted by molar-refractivity contribution is -0.143. The first kappa shape index (κ1) is 121. The number of benzene rings is 4. The highest BCUT2D eigenvalue weighted by molar-refractivity contribution is 6.38. The number of carbonyl (C=O) groups is 4. The molecule has 0 unspecified atom stereocenters. The normalized spacial score (nSPS) is 15.9. The molecule has 4 amide bonds. The van der Waals surface area contributed by atoms with Gasteiger partial charge in [0, 0.05) is 103 Å². The Morgan fingerprint density at radius 1 is 0.331 bits per heavy atom. The number of fused-ring (bicyclic) bond motifs is 4. The lowest BCUT2D eigenvalue weighted by Gasteiger charge is -2.40. The summed E-state index contributed by atoms with van der Waals surface area (Å²) in [7, 11) is 0. The molecule has 12 heterocycles. The Kier molecular flexibility index (Phi) is 38.3. The van der Waals surface area contributed by atoms with Crippen molar-refractivity contribution in [3.63, 3.8) is 0 Å². The van der Waals surface area contributed by atoms with Gasteiger partial charge in [-0.1, -0.05) is 147 Å². The van der Waals surface area contributed by atoms with Gasteiger partial charge in [-0.15, -0.1) is 0 Å². The second-order valence-corrected chi connectivity index (χ2v) is 34.5. The number of nitrogen functional groups attached to an aromatic ring is 4. The molecule has 12 aromatic rings. The SMILES string of the molecule is C.C.C.C.C.C.C=CC(=O)N1CCN(c2ncnc3c(=O)n(-c4c(N)c(Cl)cc(Cl)c4F)c(C(F)(F)F)cc23)[C@H](C)C1.C=CC(=O)N1CCN(c2ncnc3c(=O)n(-c4c(N)c(Cl)cc(Cl)c4F)c(C(F)(F)F)cc23)[C@H](C)C1.C=CC(=O)N1CCN(c2ncnc3c(=O)n(-c4c(N)c(Cl)cc(Cl)c4F)c(C(F)(F)F)cc23)[C@H](C)C1.C=CC(=O)N1CCN(c2ncnc3c(=O)n(-c4c(N)cccc4F)c(C(F)(F)F)cc23)[C@H](C)C1. The van der Waals surface area contributed by atoms with E-state index in [4.69, 9.17) is 92.5 Å². The van der Waals surface area contributed by atoms with Crippen LogP contribution in [-0.2, 0) is 43.9 Å². The predicted molar refractivity (Wildman–Crippen MR) is 543 cm³/mol. The Morgan fingerprint density at radius 3 is 0.730 bits per heavy atom. The molecule has 0 saturated carbocycles. The molecule has 0 bridgehead atoms. The molecule has 16 rings (SSSR count). The van der Waals surface area contributed by atoms with E-state index >= 15 is 0 Å². The van der Waals surface area contributed by atoms with Crippen molar-refractivity contribution in [3.05, 3.63) is 254 Å². The van der Waals surface area contributed by atoms with E-state index in [-0.39, 0.29) is 260 Å². The van der Waals surface area contributed by atoms with Crippen LogP contribution in [0.25, 0.3) is 66.4 Å². The van der Waals surface area contributed by atoms with E-state index in [0.717, 1.165) is 55.6 Å². The number of rotatable bonds is 12. The van der Waals surface area contributed by atoms with Crippen LogP contribution in [0.4, 0.5) is 116 Å². The summed E-state index contributed by atoms with van der Waals surface area (Å²) in [5, 5.41) is -3.59. The van der Waals surface area contributed by atoms with E-state index in [1.807, 2.05) is 0 Å². The molecule has 8 aromatic heterocycles. The van der Waals surface area contributed by atoms with Crippen molar-refractivity contribution >= 4 is 183 Å². The summed E-state index contributed by atoms with van der Waals surface area (Å²) < 4.78 is 230. The van der Waals surface area contributed by atoms with Crippen LogP contribution < -0.4 is 64.8 Å². The average molecular weight is 2210 g/mol. The van der Waals surface area contributed by atoms with Gasteiger partial charge in [0.25, 0.3) is 22.2 Å². The number of hydrogen-bond donors (Lipinski definition) is 4. The Bertz CT molecular complexity index is 6850. The molecule has 8 N–H and O–H groups in total. The quantitative estimate of drug-likeness (QED) is 0.0382. The number of carbonyl (C=O) groups excluding carboxylic acids is 4. The first-order valence-electron chi connectivity index (χ1n) is 41.6. The lowest BCUT2D eigenvalue weighted by Crippen LogP contribution is -2.53. The van der Waals surface area contributed by atoms with Crippen LogP contribution in [0, 0.1) is 23.3 Å². The number of pyridine rings is 4. The first-order chi connectivity index (χ1) is 66.6. The van der Waals surface area contributed by atoms with Gasteiger partial charge in [-0.3, -0.25) is 56.6 Å². The number of piperazine rings is 4. The zero-order valence-electron chi connectivity index (χ0n) is 73.9. The van der Waals surface area contributed by atoms with Crippen molar-refractivity contribution in [2.45, 2.75) is 121 Å². The van der Waals surface area contributed by atoms with Gasteiger partial charge < -0.3 is 62.1 Å². The van der Waals surface area contributed by atoms with Gasteiger partial charge in [0.05, 0.1) is 74.4 Å². The number of para-hydroxylation sites is 1. The van der Waals surface area contributed by atoms with E-state index in [0.29, 0.717) is 18.2 Å². The van der Waals surface area contributed by atoms with E-state index in [1.54, 1.807) is 66.9 Å². The van der Waals surface area contributed by atoms with Crippen molar-refractivity contribution in [3.8, 4) is 22.7 Å². The molecular formula is C94H98Cl6F16N24O8. The van der Waals surface area contributed by atoms with Crippen molar-refractivity contribution in [2.75, 3.05) is 121 Å². The number of aromatic nitrogens is 12. The average Bonchev–Trinajstić information content (AvgIpc) is 0.746. The molecule has 32 nitrogen and oxygen atoms in total. The predicted octanol–water partition coefficient (Wildman–Crippen LogP) is 18.7. The second-order valence-electron chi connectivity index (χ2n) is 32.1. The Balaban J connectivity index is 0.000000264. The number of hydrogen-bond acceptors (Lipinski definition) is 24. The Morgan fingerprint density at radius 2 is 0.541 bits per heavy atom. The molecule has 0 aliphatic carbocycles. The molecule has 4 aliphatic rings. The van der Waals surface area contributed by atoms with Gasteiger partial charge in [-0.25, -0.2) is 57.4 Å². The van der Waals surface area contributed by atoms with Gasteiger partial charge in [0.15, 0.2) is 17.5 Å². The van der Waals surface area contributed by atoms with Crippen LogP contribution in [0.3, 0.4) is 0 Å².